The van der Waals surface area contributed by atoms with E-state index < -0.39 is 6.04 Å². The summed E-state index contributed by atoms with van der Waals surface area (Å²) < 4.78 is 0. The second-order valence-electron chi connectivity index (χ2n) is 7.54. The second-order valence-corrected chi connectivity index (χ2v) is 8.52. The first kappa shape index (κ1) is 21.4. The van der Waals surface area contributed by atoms with Crippen LogP contribution in [-0.2, 0) is 22.6 Å². The Labute approximate surface area is 177 Å². The van der Waals surface area contributed by atoms with Gasteiger partial charge in [-0.15, -0.1) is 0 Å². The maximum absolute atomic E-state index is 12.9. The molecule has 2 unspecified atom stereocenters. The third kappa shape index (κ3) is 5.61. The van der Waals surface area contributed by atoms with Crippen molar-refractivity contribution in [3.05, 3.63) is 64.7 Å². The van der Waals surface area contributed by atoms with Gasteiger partial charge in [-0.3, -0.25) is 9.59 Å². The van der Waals surface area contributed by atoms with Gasteiger partial charge in [0.2, 0.25) is 11.8 Å². The van der Waals surface area contributed by atoms with Gasteiger partial charge in [0.15, 0.2) is 0 Å². The summed E-state index contributed by atoms with van der Waals surface area (Å²) in [5.74, 6) is 0.499. The molecule has 3 N–H and O–H groups in total. The van der Waals surface area contributed by atoms with Crippen LogP contribution in [0.15, 0.2) is 42.5 Å². The molecule has 0 saturated heterocycles. The van der Waals surface area contributed by atoms with E-state index >= 15 is 0 Å². The van der Waals surface area contributed by atoms with Crippen LogP contribution in [0.2, 0.25) is 0 Å². The van der Waals surface area contributed by atoms with Crippen LogP contribution < -0.4 is 16.0 Å². The van der Waals surface area contributed by atoms with Gasteiger partial charge in [0, 0.05) is 12.2 Å². The highest BCUT2D eigenvalue weighted by molar-refractivity contribution is 7.98. The van der Waals surface area contributed by atoms with Crippen LogP contribution in [0, 0.1) is 13.8 Å². The van der Waals surface area contributed by atoms with Gasteiger partial charge in [0.25, 0.3) is 0 Å². The highest BCUT2D eigenvalue weighted by atomic mass is 32.2. The van der Waals surface area contributed by atoms with Crippen molar-refractivity contribution in [1.82, 2.24) is 10.6 Å². The van der Waals surface area contributed by atoms with Crippen molar-refractivity contribution in [1.29, 1.82) is 0 Å². The highest BCUT2D eigenvalue weighted by Gasteiger charge is 2.28. The Bertz CT molecular complexity index is 884. The normalized spacial score (nSPS) is 16.6. The fourth-order valence-electron chi connectivity index (χ4n) is 3.47. The molecule has 0 spiro atoms. The topological polar surface area (TPSA) is 70.2 Å². The Morgan fingerprint density at radius 3 is 2.62 bits per heavy atom. The van der Waals surface area contributed by atoms with Gasteiger partial charge in [-0.2, -0.15) is 11.8 Å². The van der Waals surface area contributed by atoms with E-state index in [2.05, 4.69) is 28.1 Å². The van der Waals surface area contributed by atoms with Gasteiger partial charge < -0.3 is 16.0 Å². The molecule has 29 heavy (non-hydrogen) atoms. The summed E-state index contributed by atoms with van der Waals surface area (Å²) in [6.45, 7) is 4.72. The Kier molecular flexibility index (Phi) is 7.34. The first-order valence-corrected chi connectivity index (χ1v) is 11.3. The molecule has 0 aromatic heterocycles. The summed E-state index contributed by atoms with van der Waals surface area (Å²) >= 11 is 1.66. The van der Waals surface area contributed by atoms with Crippen LogP contribution in [0.5, 0.6) is 0 Å². The molecule has 0 saturated carbocycles. The molecule has 0 aliphatic carbocycles. The minimum Gasteiger partial charge on any atom is -0.343 e. The molecule has 2 atom stereocenters. The molecule has 0 fully saturated rings. The van der Waals surface area contributed by atoms with Gasteiger partial charge in [-0.05, 0) is 73.1 Å². The first-order chi connectivity index (χ1) is 14.0. The van der Waals surface area contributed by atoms with Crippen LogP contribution >= 0.6 is 11.8 Å². The minimum atomic E-state index is -0.560. The molecule has 0 bridgehead atoms. The molecule has 1 aliphatic rings. The van der Waals surface area contributed by atoms with Crippen LogP contribution in [0.25, 0.3) is 0 Å². The zero-order valence-corrected chi connectivity index (χ0v) is 18.1. The maximum atomic E-state index is 12.9. The lowest BCUT2D eigenvalue weighted by atomic mass is 9.95. The van der Waals surface area contributed by atoms with Crippen molar-refractivity contribution in [2.75, 3.05) is 17.3 Å². The van der Waals surface area contributed by atoms with Crippen molar-refractivity contribution >= 4 is 29.3 Å². The molecule has 2 amide bonds. The number of anilines is 1. The first-order valence-electron chi connectivity index (χ1n) is 9.95. The number of nitrogens with one attached hydrogen (secondary N) is 3. The van der Waals surface area contributed by atoms with Crippen molar-refractivity contribution < 1.29 is 9.59 Å². The van der Waals surface area contributed by atoms with Gasteiger partial charge in [0.1, 0.15) is 6.04 Å². The number of carbonyl (C=O) groups is 2. The summed E-state index contributed by atoms with van der Waals surface area (Å²) in [6, 6.07) is 13.1. The molecule has 2 aromatic carbocycles. The van der Waals surface area contributed by atoms with E-state index in [9.17, 15) is 9.59 Å². The summed E-state index contributed by atoms with van der Waals surface area (Å²) in [6.07, 6.45) is 3.22. The molecular weight excluding hydrogens is 382 g/mol. The minimum absolute atomic E-state index is 0.124. The standard InChI is InChI=1S/C23H29N3O2S/c1-15-8-9-19(12-16(15)2)25-22(27)20(10-11-29-3)26-23(28)21-13-17-6-4-5-7-18(17)14-24-21/h4-9,12,20-21,24H,10-11,13-14H2,1-3H3,(H,25,27)(H,26,28). The predicted molar refractivity (Wildman–Crippen MR) is 120 cm³/mol. The zero-order chi connectivity index (χ0) is 20.8. The molecule has 5 nitrogen and oxygen atoms in total. The number of hydrogen-bond donors (Lipinski definition) is 3. The van der Waals surface area contributed by atoms with Crippen LogP contribution in [0.4, 0.5) is 5.69 Å². The number of benzene rings is 2. The molecule has 6 heteroatoms. The molecule has 1 heterocycles. The Morgan fingerprint density at radius 2 is 1.90 bits per heavy atom. The van der Waals surface area contributed by atoms with Gasteiger partial charge in [-0.1, -0.05) is 30.3 Å². The Morgan fingerprint density at radius 1 is 1.14 bits per heavy atom. The third-order valence-electron chi connectivity index (χ3n) is 5.42. The van der Waals surface area contributed by atoms with E-state index in [0.717, 1.165) is 17.0 Å². The van der Waals surface area contributed by atoms with Crippen molar-refractivity contribution in [2.24, 2.45) is 0 Å². The summed E-state index contributed by atoms with van der Waals surface area (Å²) in [4.78, 5) is 25.8. The fourth-order valence-corrected chi connectivity index (χ4v) is 3.94. The van der Waals surface area contributed by atoms with E-state index in [-0.39, 0.29) is 17.9 Å². The number of carbonyl (C=O) groups excluding carboxylic acids is 2. The smallest absolute Gasteiger partial charge is 0.246 e. The molecule has 0 radical (unpaired) electrons. The van der Waals surface area contributed by atoms with Gasteiger partial charge in [0.05, 0.1) is 6.04 Å². The van der Waals surface area contributed by atoms with E-state index in [0.29, 0.717) is 19.4 Å². The van der Waals surface area contributed by atoms with Gasteiger partial charge in [-0.25, -0.2) is 0 Å². The summed E-state index contributed by atoms with van der Waals surface area (Å²) in [5.41, 5.74) is 5.47. The summed E-state index contributed by atoms with van der Waals surface area (Å²) in [5, 5.41) is 9.22. The quantitative estimate of drug-likeness (QED) is 0.654. The fraction of sp³-hybridized carbons (Fsp3) is 0.391. The molecule has 154 valence electrons. The van der Waals surface area contributed by atoms with Crippen LogP contribution in [0.3, 0.4) is 0 Å². The largest absolute Gasteiger partial charge is 0.343 e. The average molecular weight is 412 g/mol. The SMILES string of the molecule is CSCCC(NC(=O)C1Cc2ccccc2CN1)C(=O)Nc1ccc(C)c(C)c1. The number of hydrogen-bond acceptors (Lipinski definition) is 4. The monoisotopic (exact) mass is 411 g/mol. The number of thioether (sulfide) groups is 1. The Balaban J connectivity index is 1.65. The lowest BCUT2D eigenvalue weighted by molar-refractivity contribution is -0.128. The van der Waals surface area contributed by atoms with Crippen molar-refractivity contribution in [2.45, 2.75) is 45.3 Å². The third-order valence-corrected chi connectivity index (χ3v) is 6.06. The number of fused-ring (bicyclic) bond motifs is 1. The van der Waals surface area contributed by atoms with E-state index in [1.807, 2.05) is 50.4 Å². The highest BCUT2D eigenvalue weighted by Crippen LogP contribution is 2.17. The number of aryl methyl sites for hydroxylation is 2. The van der Waals surface area contributed by atoms with Crippen molar-refractivity contribution in [3.8, 4) is 0 Å². The lowest BCUT2D eigenvalue weighted by Gasteiger charge is -2.27. The number of rotatable bonds is 7. The van der Waals surface area contributed by atoms with E-state index in [1.54, 1.807) is 11.8 Å². The average Bonchev–Trinajstić information content (AvgIpc) is 2.73. The van der Waals surface area contributed by atoms with E-state index in [1.165, 1.54) is 16.7 Å². The molecule has 2 aromatic rings. The second kappa shape index (κ2) is 9.94. The molecule has 3 rings (SSSR count). The predicted octanol–water partition coefficient (Wildman–Crippen LogP) is 3.19. The van der Waals surface area contributed by atoms with Crippen LogP contribution in [-0.4, -0.2) is 35.9 Å². The lowest BCUT2D eigenvalue weighted by Crippen LogP contribution is -2.53. The number of amides is 2. The summed E-state index contributed by atoms with van der Waals surface area (Å²) in [7, 11) is 0. The van der Waals surface area contributed by atoms with E-state index in [4.69, 9.17) is 0 Å². The molecule has 1 aliphatic heterocycles. The molecular formula is C23H29N3O2S. The zero-order valence-electron chi connectivity index (χ0n) is 17.2. The Hall–Kier alpha value is -2.31. The van der Waals surface area contributed by atoms with Crippen molar-refractivity contribution in [3.63, 3.8) is 0 Å². The maximum Gasteiger partial charge on any atom is 0.246 e. The van der Waals surface area contributed by atoms with Crippen LogP contribution in [0.1, 0.15) is 28.7 Å². The van der Waals surface area contributed by atoms with Gasteiger partial charge >= 0.3 is 0 Å².